The summed E-state index contributed by atoms with van der Waals surface area (Å²) in [6.07, 6.45) is 0.632. The molecule has 0 bridgehead atoms. The lowest BCUT2D eigenvalue weighted by molar-refractivity contribution is 0.00578. The van der Waals surface area contributed by atoms with Crippen molar-refractivity contribution >= 4 is 29.0 Å². The molecule has 0 aliphatic carbocycles. The van der Waals surface area contributed by atoms with Gasteiger partial charge in [-0.3, -0.25) is 0 Å². The van der Waals surface area contributed by atoms with Gasteiger partial charge in [-0.1, -0.05) is 6.07 Å². The topological polar surface area (TPSA) is 44.8 Å². The predicted octanol–water partition coefficient (Wildman–Crippen LogP) is 3.41. The van der Waals surface area contributed by atoms with E-state index in [1.807, 2.05) is 39.8 Å². The van der Waals surface area contributed by atoms with Crippen molar-refractivity contribution in [2.45, 2.75) is 45.2 Å². The number of hydrogen-bond donors (Lipinski definition) is 0. The minimum atomic E-state index is -0.357. The first kappa shape index (κ1) is 16.5. The Morgan fingerprint density at radius 3 is 2.29 bits per heavy atom. The Bertz CT molecular complexity index is 541. The zero-order chi connectivity index (χ0) is 15.8. The van der Waals surface area contributed by atoms with Crippen molar-refractivity contribution in [3.63, 3.8) is 0 Å². The van der Waals surface area contributed by atoms with Crippen molar-refractivity contribution < 1.29 is 18.8 Å². The standard InChI is InChI=1S/C15H20BBrO4/c1-14(2)15(3,4)21-16(20-14)9-10-6-7-11(12(17)8-10)13(18)19-5/h6-8H,9H2,1-5H3. The molecule has 1 fully saturated rings. The summed E-state index contributed by atoms with van der Waals surface area (Å²) in [5.74, 6) is -0.357. The highest BCUT2D eigenvalue weighted by atomic mass is 79.9. The van der Waals surface area contributed by atoms with Gasteiger partial charge in [-0.05, 0) is 61.3 Å². The van der Waals surface area contributed by atoms with Crippen LogP contribution in [-0.4, -0.2) is 31.4 Å². The first-order chi connectivity index (χ1) is 9.66. The molecule has 4 nitrogen and oxygen atoms in total. The number of ether oxygens (including phenoxy) is 1. The van der Waals surface area contributed by atoms with Crippen LogP contribution < -0.4 is 0 Å². The number of hydrogen-bond acceptors (Lipinski definition) is 4. The molecule has 0 aromatic heterocycles. The molecule has 114 valence electrons. The van der Waals surface area contributed by atoms with Crippen molar-refractivity contribution in [1.82, 2.24) is 0 Å². The van der Waals surface area contributed by atoms with Crippen molar-refractivity contribution in [2.24, 2.45) is 0 Å². The summed E-state index contributed by atoms with van der Waals surface area (Å²) in [5.41, 5.74) is 0.880. The van der Waals surface area contributed by atoms with E-state index in [1.54, 1.807) is 6.07 Å². The molecule has 1 saturated heterocycles. The van der Waals surface area contributed by atoms with Gasteiger partial charge in [0.05, 0.1) is 23.9 Å². The van der Waals surface area contributed by atoms with E-state index in [0.29, 0.717) is 16.4 Å². The normalized spacial score (nSPS) is 19.6. The van der Waals surface area contributed by atoms with E-state index in [4.69, 9.17) is 14.0 Å². The molecule has 0 radical (unpaired) electrons. The van der Waals surface area contributed by atoms with Crippen molar-refractivity contribution in [3.8, 4) is 0 Å². The van der Waals surface area contributed by atoms with Gasteiger partial charge in [0.25, 0.3) is 0 Å². The number of benzene rings is 1. The summed E-state index contributed by atoms with van der Waals surface area (Å²) in [7, 11) is 1.08. The highest BCUT2D eigenvalue weighted by Gasteiger charge is 2.50. The zero-order valence-electron chi connectivity index (χ0n) is 13.0. The van der Waals surface area contributed by atoms with Crippen molar-refractivity contribution in [1.29, 1.82) is 0 Å². The predicted molar refractivity (Wildman–Crippen MR) is 85.3 cm³/mol. The summed E-state index contributed by atoms with van der Waals surface area (Å²) >= 11 is 3.40. The summed E-state index contributed by atoms with van der Waals surface area (Å²) in [5, 5.41) is 0. The van der Waals surface area contributed by atoms with Gasteiger partial charge >= 0.3 is 13.1 Å². The van der Waals surface area contributed by atoms with E-state index in [9.17, 15) is 4.79 Å². The number of methoxy groups -OCH3 is 1. The van der Waals surface area contributed by atoms with E-state index in [-0.39, 0.29) is 24.3 Å². The fourth-order valence-electron chi connectivity index (χ4n) is 2.20. The van der Waals surface area contributed by atoms with Gasteiger partial charge in [-0.25, -0.2) is 4.79 Å². The summed E-state index contributed by atoms with van der Waals surface area (Å²) < 4.78 is 17.4. The van der Waals surface area contributed by atoms with Crippen LogP contribution in [-0.2, 0) is 20.4 Å². The second-order valence-corrected chi connectivity index (χ2v) is 7.05. The van der Waals surface area contributed by atoms with Crippen molar-refractivity contribution in [2.75, 3.05) is 7.11 Å². The smallest absolute Gasteiger partial charge is 0.462 e. The van der Waals surface area contributed by atoms with E-state index < -0.39 is 0 Å². The Labute approximate surface area is 134 Å². The van der Waals surface area contributed by atoms with Gasteiger partial charge in [0.2, 0.25) is 0 Å². The molecule has 1 aromatic carbocycles. The molecular formula is C15H20BBrO4. The number of esters is 1. The number of halogens is 1. The Kier molecular flexibility index (Phi) is 4.52. The molecule has 21 heavy (non-hydrogen) atoms. The molecule has 2 rings (SSSR count). The molecule has 0 unspecified atom stereocenters. The molecule has 0 saturated carbocycles. The molecular weight excluding hydrogens is 335 g/mol. The molecule has 0 atom stereocenters. The largest absolute Gasteiger partial charge is 0.465 e. The van der Waals surface area contributed by atoms with E-state index in [2.05, 4.69) is 15.9 Å². The summed E-state index contributed by atoms with van der Waals surface area (Å²) in [6, 6.07) is 5.54. The van der Waals surface area contributed by atoms with Crippen LogP contribution in [0.15, 0.2) is 22.7 Å². The highest BCUT2D eigenvalue weighted by molar-refractivity contribution is 9.10. The summed E-state index contributed by atoms with van der Waals surface area (Å²) in [4.78, 5) is 11.6. The minimum Gasteiger partial charge on any atom is -0.465 e. The Balaban J connectivity index is 2.12. The van der Waals surface area contributed by atoms with Gasteiger partial charge in [0.15, 0.2) is 0 Å². The lowest BCUT2D eigenvalue weighted by Gasteiger charge is -2.32. The molecule has 1 heterocycles. The zero-order valence-corrected chi connectivity index (χ0v) is 14.6. The molecule has 0 spiro atoms. The molecule has 0 N–H and O–H groups in total. The maximum Gasteiger partial charge on any atom is 0.462 e. The lowest BCUT2D eigenvalue weighted by Crippen LogP contribution is -2.41. The maximum atomic E-state index is 11.6. The highest BCUT2D eigenvalue weighted by Crippen LogP contribution is 2.37. The van der Waals surface area contributed by atoms with Crippen LogP contribution in [0.25, 0.3) is 0 Å². The molecule has 6 heteroatoms. The number of carbonyl (C=O) groups is 1. The Morgan fingerprint density at radius 2 is 1.81 bits per heavy atom. The van der Waals surface area contributed by atoms with Crippen LogP contribution in [0.3, 0.4) is 0 Å². The van der Waals surface area contributed by atoms with Gasteiger partial charge in [0, 0.05) is 10.8 Å². The third-order valence-electron chi connectivity index (χ3n) is 4.14. The quantitative estimate of drug-likeness (QED) is 0.616. The Morgan fingerprint density at radius 1 is 1.24 bits per heavy atom. The number of carbonyl (C=O) groups excluding carboxylic acids is 1. The fraction of sp³-hybridized carbons (Fsp3) is 0.533. The average molecular weight is 355 g/mol. The molecule has 0 amide bonds. The van der Waals surface area contributed by atoms with Gasteiger partial charge in [-0.2, -0.15) is 0 Å². The van der Waals surface area contributed by atoms with Crippen LogP contribution >= 0.6 is 15.9 Å². The van der Waals surface area contributed by atoms with Crippen LogP contribution in [0.1, 0.15) is 43.6 Å². The maximum absolute atomic E-state index is 11.6. The van der Waals surface area contributed by atoms with Crippen LogP contribution in [0.4, 0.5) is 0 Å². The summed E-state index contributed by atoms with van der Waals surface area (Å²) in [6.45, 7) is 8.12. The molecule has 1 aliphatic rings. The number of rotatable bonds is 3. The van der Waals surface area contributed by atoms with E-state index >= 15 is 0 Å². The van der Waals surface area contributed by atoms with E-state index in [1.165, 1.54) is 7.11 Å². The first-order valence-corrected chi connectivity index (χ1v) is 7.68. The fourth-order valence-corrected chi connectivity index (χ4v) is 2.79. The van der Waals surface area contributed by atoms with Crippen LogP contribution in [0.5, 0.6) is 0 Å². The first-order valence-electron chi connectivity index (χ1n) is 6.88. The lowest BCUT2D eigenvalue weighted by atomic mass is 9.80. The average Bonchev–Trinajstić information content (AvgIpc) is 2.56. The minimum absolute atomic E-state index is 0.286. The second-order valence-electron chi connectivity index (χ2n) is 6.20. The van der Waals surface area contributed by atoms with Crippen LogP contribution in [0.2, 0.25) is 0 Å². The second kappa shape index (κ2) is 5.74. The van der Waals surface area contributed by atoms with Crippen molar-refractivity contribution in [3.05, 3.63) is 33.8 Å². The van der Waals surface area contributed by atoms with Gasteiger partial charge < -0.3 is 14.0 Å². The monoisotopic (exact) mass is 354 g/mol. The van der Waals surface area contributed by atoms with Crippen LogP contribution in [0, 0.1) is 0 Å². The van der Waals surface area contributed by atoms with E-state index in [0.717, 1.165) is 5.56 Å². The SMILES string of the molecule is COC(=O)c1ccc(CB2OC(C)(C)C(C)(C)O2)cc1Br. The Hall–Kier alpha value is -0.845. The third kappa shape index (κ3) is 3.33. The molecule has 1 aliphatic heterocycles. The van der Waals surface area contributed by atoms with Gasteiger partial charge in [0.1, 0.15) is 0 Å². The van der Waals surface area contributed by atoms with Gasteiger partial charge in [-0.15, -0.1) is 0 Å². The molecule has 1 aromatic rings. The third-order valence-corrected chi connectivity index (χ3v) is 4.80.